The molecule has 0 bridgehead atoms. The zero-order chi connectivity index (χ0) is 19.3. The van der Waals surface area contributed by atoms with E-state index in [2.05, 4.69) is 28.1 Å². The number of hydrogen-bond acceptors (Lipinski definition) is 3. The summed E-state index contributed by atoms with van der Waals surface area (Å²) >= 11 is 15.8. The number of rotatable bonds is 2. The Balaban J connectivity index is 1.59. The highest BCUT2D eigenvalue weighted by molar-refractivity contribution is 9.10. The predicted octanol–water partition coefficient (Wildman–Crippen LogP) is 7.00. The van der Waals surface area contributed by atoms with Gasteiger partial charge in [0.1, 0.15) is 5.75 Å². The van der Waals surface area contributed by atoms with E-state index in [9.17, 15) is 0 Å². The van der Waals surface area contributed by atoms with Crippen molar-refractivity contribution < 1.29 is 4.74 Å². The summed E-state index contributed by atoms with van der Waals surface area (Å²) in [5, 5.41) is 8.39. The lowest BCUT2D eigenvalue weighted by atomic mass is 9.96. The molecule has 28 heavy (non-hydrogen) atoms. The first-order valence-corrected chi connectivity index (χ1v) is 10.5. The Labute approximate surface area is 181 Å². The van der Waals surface area contributed by atoms with Crippen molar-refractivity contribution in [3.63, 3.8) is 0 Å². The zero-order valence-electron chi connectivity index (χ0n) is 14.6. The number of ether oxygens (including phenoxy) is 1. The van der Waals surface area contributed by atoms with Crippen molar-refractivity contribution in [3.8, 4) is 5.75 Å². The molecule has 0 radical (unpaired) electrons. The molecule has 0 saturated heterocycles. The SMILES string of the molecule is Clc1ccc([C@@H]2Oc3ccc(Cl)cc3[C@H]3CC(c4ccc(Br)cc4)=NN32)cc1. The van der Waals surface area contributed by atoms with Crippen LogP contribution in [0, 0.1) is 0 Å². The third kappa shape index (κ3) is 3.20. The molecule has 0 aromatic heterocycles. The molecule has 2 aliphatic rings. The van der Waals surface area contributed by atoms with E-state index < -0.39 is 0 Å². The van der Waals surface area contributed by atoms with Crippen LogP contribution >= 0.6 is 39.1 Å². The van der Waals surface area contributed by atoms with Gasteiger partial charge in [-0.2, -0.15) is 5.10 Å². The normalized spacial score (nSPS) is 20.2. The van der Waals surface area contributed by atoms with Crippen molar-refractivity contribution in [2.45, 2.75) is 18.7 Å². The monoisotopic (exact) mass is 472 g/mol. The summed E-state index contributed by atoms with van der Waals surface area (Å²) in [6, 6.07) is 21.8. The maximum atomic E-state index is 6.34. The molecule has 3 aromatic carbocycles. The number of halogens is 3. The molecule has 3 nitrogen and oxygen atoms in total. The van der Waals surface area contributed by atoms with E-state index in [0.717, 1.165) is 39.0 Å². The lowest BCUT2D eigenvalue weighted by Crippen LogP contribution is -2.33. The quantitative estimate of drug-likeness (QED) is 0.400. The van der Waals surface area contributed by atoms with Gasteiger partial charge in [-0.15, -0.1) is 0 Å². The average molecular weight is 474 g/mol. The van der Waals surface area contributed by atoms with E-state index in [-0.39, 0.29) is 12.3 Å². The van der Waals surface area contributed by atoms with Crippen LogP contribution in [0.15, 0.2) is 76.3 Å². The van der Waals surface area contributed by atoms with Crippen molar-refractivity contribution in [2.75, 3.05) is 0 Å². The lowest BCUT2D eigenvalue weighted by Gasteiger charge is -2.38. The second kappa shape index (κ2) is 7.11. The topological polar surface area (TPSA) is 24.8 Å². The van der Waals surface area contributed by atoms with Gasteiger partial charge < -0.3 is 4.74 Å². The van der Waals surface area contributed by atoms with Gasteiger partial charge in [0.05, 0.1) is 11.8 Å². The van der Waals surface area contributed by atoms with Crippen molar-refractivity contribution >= 4 is 44.8 Å². The molecule has 2 aliphatic heterocycles. The molecular weight excluding hydrogens is 459 g/mol. The van der Waals surface area contributed by atoms with Gasteiger partial charge in [0.2, 0.25) is 6.23 Å². The van der Waals surface area contributed by atoms with E-state index in [4.69, 9.17) is 33.0 Å². The van der Waals surface area contributed by atoms with E-state index >= 15 is 0 Å². The minimum absolute atomic E-state index is 0.0711. The summed E-state index contributed by atoms with van der Waals surface area (Å²) < 4.78 is 7.39. The summed E-state index contributed by atoms with van der Waals surface area (Å²) in [7, 11) is 0. The smallest absolute Gasteiger partial charge is 0.213 e. The van der Waals surface area contributed by atoms with E-state index in [1.807, 2.05) is 59.6 Å². The standard InChI is InChI=1S/C22H15BrCl2N2O/c23-15-5-1-13(2-6-15)19-12-20-18-11-17(25)9-10-21(18)28-22(27(20)26-19)14-3-7-16(24)8-4-14/h1-11,20,22H,12H2/t20-,22+/m1/s1. The molecule has 5 rings (SSSR count). The molecule has 0 N–H and O–H groups in total. The molecular formula is C22H15BrCl2N2O. The van der Waals surface area contributed by atoms with Crippen molar-refractivity contribution in [2.24, 2.45) is 5.10 Å². The van der Waals surface area contributed by atoms with Crippen LogP contribution in [0.2, 0.25) is 10.0 Å². The maximum absolute atomic E-state index is 6.34. The van der Waals surface area contributed by atoms with Gasteiger partial charge in [-0.25, -0.2) is 5.01 Å². The molecule has 140 valence electrons. The molecule has 0 unspecified atom stereocenters. The molecule has 3 aromatic rings. The summed E-state index contributed by atoms with van der Waals surface area (Å²) in [5.41, 5.74) is 4.22. The zero-order valence-corrected chi connectivity index (χ0v) is 17.7. The van der Waals surface area contributed by atoms with Crippen LogP contribution < -0.4 is 4.74 Å². The number of nitrogens with zero attached hydrogens (tertiary/aromatic N) is 2. The predicted molar refractivity (Wildman–Crippen MR) is 116 cm³/mol. The highest BCUT2D eigenvalue weighted by Crippen LogP contribution is 2.48. The molecule has 0 fully saturated rings. The van der Waals surface area contributed by atoms with Gasteiger partial charge in [-0.05, 0) is 48.0 Å². The Kier molecular flexibility index (Phi) is 4.58. The summed E-state index contributed by atoms with van der Waals surface area (Å²) in [4.78, 5) is 0. The summed E-state index contributed by atoms with van der Waals surface area (Å²) in [5.74, 6) is 0.845. The van der Waals surface area contributed by atoms with Gasteiger partial charge in [0.15, 0.2) is 0 Å². The number of benzene rings is 3. The highest BCUT2D eigenvalue weighted by Gasteiger charge is 2.41. The van der Waals surface area contributed by atoms with Crippen LogP contribution in [-0.2, 0) is 0 Å². The van der Waals surface area contributed by atoms with E-state index in [0.29, 0.717) is 10.0 Å². The number of fused-ring (bicyclic) bond motifs is 3. The third-order valence-corrected chi connectivity index (χ3v) is 6.10. The van der Waals surface area contributed by atoms with Crippen LogP contribution in [0.4, 0.5) is 0 Å². The molecule has 2 atom stereocenters. The lowest BCUT2D eigenvalue weighted by molar-refractivity contribution is -0.0190. The summed E-state index contributed by atoms with van der Waals surface area (Å²) in [6.45, 7) is 0. The van der Waals surface area contributed by atoms with Crippen LogP contribution in [-0.4, -0.2) is 10.7 Å². The first-order chi connectivity index (χ1) is 13.6. The molecule has 0 aliphatic carbocycles. The Morgan fingerprint density at radius 2 is 1.64 bits per heavy atom. The van der Waals surface area contributed by atoms with Crippen LogP contribution in [0.25, 0.3) is 0 Å². The number of hydrazone groups is 1. The molecule has 0 amide bonds. The second-order valence-corrected chi connectivity index (χ2v) is 8.65. The fourth-order valence-corrected chi connectivity index (χ4v) is 4.29. The maximum Gasteiger partial charge on any atom is 0.213 e. The van der Waals surface area contributed by atoms with Crippen LogP contribution in [0.1, 0.15) is 35.4 Å². The first-order valence-electron chi connectivity index (χ1n) is 8.92. The van der Waals surface area contributed by atoms with Gasteiger partial charge in [0.25, 0.3) is 0 Å². The minimum Gasteiger partial charge on any atom is -0.464 e. The van der Waals surface area contributed by atoms with Gasteiger partial charge >= 0.3 is 0 Å². The Morgan fingerprint density at radius 3 is 2.39 bits per heavy atom. The first kappa shape index (κ1) is 18.0. The number of hydrogen-bond donors (Lipinski definition) is 0. The van der Waals surface area contributed by atoms with Crippen molar-refractivity contribution in [1.82, 2.24) is 5.01 Å². The minimum atomic E-state index is -0.316. The summed E-state index contributed by atoms with van der Waals surface area (Å²) in [6.07, 6.45) is 0.478. The Morgan fingerprint density at radius 1 is 0.929 bits per heavy atom. The average Bonchev–Trinajstić information content (AvgIpc) is 3.14. The Hall–Kier alpha value is -2.01. The third-order valence-electron chi connectivity index (χ3n) is 5.08. The van der Waals surface area contributed by atoms with Crippen LogP contribution in [0.3, 0.4) is 0 Å². The highest BCUT2D eigenvalue weighted by atomic mass is 79.9. The van der Waals surface area contributed by atoms with E-state index in [1.54, 1.807) is 0 Å². The molecule has 0 saturated carbocycles. The van der Waals surface area contributed by atoms with Gasteiger partial charge in [0, 0.05) is 32.1 Å². The van der Waals surface area contributed by atoms with E-state index in [1.165, 1.54) is 0 Å². The van der Waals surface area contributed by atoms with Crippen LogP contribution in [0.5, 0.6) is 5.75 Å². The molecule has 6 heteroatoms. The Bertz CT molecular complexity index is 1070. The van der Waals surface area contributed by atoms with Crippen molar-refractivity contribution in [3.05, 3.63) is 97.9 Å². The fraction of sp³-hybridized carbons (Fsp3) is 0.136. The van der Waals surface area contributed by atoms with Crippen molar-refractivity contribution in [1.29, 1.82) is 0 Å². The fourth-order valence-electron chi connectivity index (χ4n) is 3.72. The molecule has 0 spiro atoms. The van der Waals surface area contributed by atoms with Gasteiger partial charge in [-0.1, -0.05) is 63.4 Å². The molecule has 2 heterocycles. The van der Waals surface area contributed by atoms with Gasteiger partial charge in [-0.3, -0.25) is 0 Å². The largest absolute Gasteiger partial charge is 0.464 e. The second-order valence-electron chi connectivity index (χ2n) is 6.86.